The quantitative estimate of drug-likeness (QED) is 0.734. The minimum atomic E-state index is -0.0586. The van der Waals surface area contributed by atoms with Gasteiger partial charge in [0.2, 0.25) is 0 Å². The van der Waals surface area contributed by atoms with Gasteiger partial charge >= 0.3 is 0 Å². The number of aromatic nitrogens is 3. The molecule has 1 fully saturated rings. The lowest BCUT2D eigenvalue weighted by molar-refractivity contribution is 0.0553. The summed E-state index contributed by atoms with van der Waals surface area (Å²) in [6.45, 7) is 2.17. The summed E-state index contributed by atoms with van der Waals surface area (Å²) in [7, 11) is 0. The summed E-state index contributed by atoms with van der Waals surface area (Å²) in [6, 6.07) is 11.1. The molecule has 0 radical (unpaired) electrons. The SMILES string of the molecule is O=c1cc(N2CCC(OCc3ccncc3)C2)nc2ccccn12. The Labute approximate surface area is 139 Å². The molecular formula is C18H18N4O2. The minimum Gasteiger partial charge on any atom is -0.372 e. The fourth-order valence-corrected chi connectivity index (χ4v) is 2.97. The van der Waals surface area contributed by atoms with E-state index in [0.717, 1.165) is 30.9 Å². The summed E-state index contributed by atoms with van der Waals surface area (Å²) >= 11 is 0. The summed E-state index contributed by atoms with van der Waals surface area (Å²) in [6.07, 6.45) is 6.35. The van der Waals surface area contributed by atoms with Crippen molar-refractivity contribution in [1.29, 1.82) is 0 Å². The smallest absolute Gasteiger partial charge is 0.259 e. The lowest BCUT2D eigenvalue weighted by Crippen LogP contribution is -2.26. The Hall–Kier alpha value is -2.73. The molecule has 0 bridgehead atoms. The van der Waals surface area contributed by atoms with Crippen molar-refractivity contribution in [3.63, 3.8) is 0 Å². The maximum Gasteiger partial charge on any atom is 0.259 e. The van der Waals surface area contributed by atoms with Crippen LogP contribution < -0.4 is 10.5 Å². The number of ether oxygens (including phenoxy) is 1. The van der Waals surface area contributed by atoms with Crippen LogP contribution in [0.2, 0.25) is 0 Å². The molecule has 122 valence electrons. The maximum atomic E-state index is 12.2. The monoisotopic (exact) mass is 322 g/mol. The molecule has 6 nitrogen and oxygen atoms in total. The van der Waals surface area contributed by atoms with Crippen LogP contribution in [0.1, 0.15) is 12.0 Å². The van der Waals surface area contributed by atoms with Crippen molar-refractivity contribution >= 4 is 11.5 Å². The van der Waals surface area contributed by atoms with Gasteiger partial charge in [0, 0.05) is 37.7 Å². The first-order valence-electron chi connectivity index (χ1n) is 8.03. The highest BCUT2D eigenvalue weighted by atomic mass is 16.5. The Morgan fingerprint density at radius 2 is 2.08 bits per heavy atom. The Morgan fingerprint density at radius 3 is 2.96 bits per heavy atom. The normalized spacial score (nSPS) is 17.5. The number of rotatable bonds is 4. The molecule has 0 aromatic carbocycles. The first-order valence-corrected chi connectivity index (χ1v) is 8.03. The van der Waals surface area contributed by atoms with Crippen LogP contribution >= 0.6 is 0 Å². The molecule has 4 heterocycles. The third kappa shape index (κ3) is 3.00. The molecule has 3 aromatic rings. The third-order valence-corrected chi connectivity index (χ3v) is 4.26. The van der Waals surface area contributed by atoms with Crippen molar-refractivity contribution < 1.29 is 4.74 Å². The highest BCUT2D eigenvalue weighted by Crippen LogP contribution is 2.20. The molecule has 24 heavy (non-hydrogen) atoms. The zero-order valence-corrected chi connectivity index (χ0v) is 13.2. The van der Waals surface area contributed by atoms with Crippen LogP contribution in [-0.4, -0.2) is 33.6 Å². The zero-order valence-electron chi connectivity index (χ0n) is 13.2. The van der Waals surface area contributed by atoms with Gasteiger partial charge in [0.05, 0.1) is 12.7 Å². The fraction of sp³-hybridized carbons (Fsp3) is 0.278. The van der Waals surface area contributed by atoms with Crippen molar-refractivity contribution in [3.8, 4) is 0 Å². The van der Waals surface area contributed by atoms with E-state index in [4.69, 9.17) is 4.74 Å². The second kappa shape index (κ2) is 6.41. The van der Waals surface area contributed by atoms with Gasteiger partial charge in [-0.3, -0.25) is 14.2 Å². The van der Waals surface area contributed by atoms with Crippen LogP contribution in [-0.2, 0) is 11.3 Å². The van der Waals surface area contributed by atoms with E-state index >= 15 is 0 Å². The summed E-state index contributed by atoms with van der Waals surface area (Å²) in [5, 5.41) is 0. The van der Waals surface area contributed by atoms with Gasteiger partial charge in [-0.2, -0.15) is 0 Å². The van der Waals surface area contributed by atoms with Gasteiger partial charge in [-0.25, -0.2) is 4.98 Å². The molecular weight excluding hydrogens is 304 g/mol. The Balaban J connectivity index is 1.46. The predicted octanol–water partition coefficient (Wildman–Crippen LogP) is 1.89. The van der Waals surface area contributed by atoms with E-state index in [-0.39, 0.29) is 11.7 Å². The number of hydrogen-bond donors (Lipinski definition) is 0. The van der Waals surface area contributed by atoms with Gasteiger partial charge in [0.1, 0.15) is 11.5 Å². The van der Waals surface area contributed by atoms with Crippen molar-refractivity contribution in [2.75, 3.05) is 18.0 Å². The molecule has 1 aliphatic heterocycles. The lowest BCUT2D eigenvalue weighted by Gasteiger charge is -2.18. The predicted molar refractivity (Wildman–Crippen MR) is 91.1 cm³/mol. The number of anilines is 1. The largest absolute Gasteiger partial charge is 0.372 e. The molecule has 1 atom stereocenters. The molecule has 0 amide bonds. The van der Waals surface area contributed by atoms with E-state index < -0.39 is 0 Å². The van der Waals surface area contributed by atoms with Gasteiger partial charge in [0.25, 0.3) is 5.56 Å². The zero-order chi connectivity index (χ0) is 16.4. The molecule has 4 rings (SSSR count). The van der Waals surface area contributed by atoms with Crippen LogP contribution in [0.15, 0.2) is 59.8 Å². The average Bonchev–Trinajstić information content (AvgIpc) is 3.10. The van der Waals surface area contributed by atoms with E-state index in [1.54, 1.807) is 29.1 Å². The van der Waals surface area contributed by atoms with Crippen LogP contribution in [0, 0.1) is 0 Å². The van der Waals surface area contributed by atoms with E-state index in [2.05, 4.69) is 14.9 Å². The van der Waals surface area contributed by atoms with Crippen molar-refractivity contribution in [2.24, 2.45) is 0 Å². The van der Waals surface area contributed by atoms with Crippen LogP contribution in [0.4, 0.5) is 5.82 Å². The topological polar surface area (TPSA) is 59.7 Å². The van der Waals surface area contributed by atoms with Gasteiger partial charge in [-0.15, -0.1) is 0 Å². The van der Waals surface area contributed by atoms with Gasteiger partial charge in [-0.1, -0.05) is 6.07 Å². The number of hydrogen-bond acceptors (Lipinski definition) is 5. The number of fused-ring (bicyclic) bond motifs is 1. The summed E-state index contributed by atoms with van der Waals surface area (Å²) < 4.78 is 7.53. The standard InChI is InChI=1S/C18H18N4O2/c23-18-11-17(20-16-3-1-2-9-22(16)18)21-10-6-15(12-21)24-13-14-4-7-19-8-5-14/h1-5,7-9,11,15H,6,10,12-13H2. The molecule has 0 spiro atoms. The molecule has 0 saturated carbocycles. The fourth-order valence-electron chi connectivity index (χ4n) is 2.97. The minimum absolute atomic E-state index is 0.0586. The molecule has 1 saturated heterocycles. The van der Waals surface area contributed by atoms with Crippen molar-refractivity contribution in [3.05, 3.63) is 70.9 Å². The Kier molecular flexibility index (Phi) is 3.96. The van der Waals surface area contributed by atoms with Gasteiger partial charge < -0.3 is 9.64 Å². The first kappa shape index (κ1) is 14.8. The summed E-state index contributed by atoms with van der Waals surface area (Å²) in [4.78, 5) is 22.9. The molecule has 1 aliphatic rings. The highest BCUT2D eigenvalue weighted by Gasteiger charge is 2.24. The Morgan fingerprint density at radius 1 is 1.21 bits per heavy atom. The number of nitrogens with zero attached hydrogens (tertiary/aromatic N) is 4. The second-order valence-corrected chi connectivity index (χ2v) is 5.90. The van der Waals surface area contributed by atoms with E-state index in [1.807, 2.05) is 30.3 Å². The molecule has 0 N–H and O–H groups in total. The second-order valence-electron chi connectivity index (χ2n) is 5.90. The van der Waals surface area contributed by atoms with Crippen LogP contribution in [0.5, 0.6) is 0 Å². The van der Waals surface area contributed by atoms with E-state index in [0.29, 0.717) is 12.3 Å². The maximum absolute atomic E-state index is 12.2. The molecule has 6 heteroatoms. The first-order chi connectivity index (χ1) is 11.8. The molecule has 3 aromatic heterocycles. The number of pyridine rings is 2. The van der Waals surface area contributed by atoms with Crippen molar-refractivity contribution in [2.45, 2.75) is 19.1 Å². The summed E-state index contributed by atoms with van der Waals surface area (Å²) in [5.74, 6) is 0.723. The average molecular weight is 322 g/mol. The van der Waals surface area contributed by atoms with Gasteiger partial charge in [0.15, 0.2) is 0 Å². The molecule has 0 aliphatic carbocycles. The van der Waals surface area contributed by atoms with Crippen molar-refractivity contribution in [1.82, 2.24) is 14.4 Å². The highest BCUT2D eigenvalue weighted by molar-refractivity contribution is 5.48. The summed E-state index contributed by atoms with van der Waals surface area (Å²) in [5.41, 5.74) is 1.73. The Bertz CT molecular complexity index is 894. The third-order valence-electron chi connectivity index (χ3n) is 4.26. The molecule has 1 unspecified atom stereocenters. The van der Waals surface area contributed by atoms with Crippen LogP contribution in [0.3, 0.4) is 0 Å². The lowest BCUT2D eigenvalue weighted by atomic mass is 10.3. The van der Waals surface area contributed by atoms with Crippen LogP contribution in [0.25, 0.3) is 5.65 Å². The van der Waals surface area contributed by atoms with E-state index in [1.165, 1.54) is 0 Å². The van der Waals surface area contributed by atoms with E-state index in [9.17, 15) is 4.79 Å². The van der Waals surface area contributed by atoms with Gasteiger partial charge in [-0.05, 0) is 36.2 Å².